The van der Waals surface area contributed by atoms with Gasteiger partial charge in [0.15, 0.2) is 0 Å². The minimum atomic E-state index is 0.274. The van der Waals surface area contributed by atoms with Crippen LogP contribution in [0.5, 0.6) is 5.75 Å². The number of terminal acetylenes is 1. The Balaban J connectivity index is 2.09. The van der Waals surface area contributed by atoms with Crippen LogP contribution in [0.25, 0.3) is 0 Å². The maximum atomic E-state index is 5.52. The van der Waals surface area contributed by atoms with E-state index in [4.69, 9.17) is 11.2 Å². The molecule has 102 valence electrons. The molecule has 0 amide bonds. The number of pyridine rings is 1. The summed E-state index contributed by atoms with van der Waals surface area (Å²) >= 11 is 3.35. The number of hydrogen-bond donors (Lipinski definition) is 1. The highest BCUT2D eigenvalue weighted by Crippen LogP contribution is 2.21. The summed E-state index contributed by atoms with van der Waals surface area (Å²) in [7, 11) is 0. The van der Waals surface area contributed by atoms with E-state index in [0.29, 0.717) is 6.54 Å². The number of para-hydroxylation sites is 1. The molecular formula is C16H15BrN2O. The normalized spacial score (nSPS) is 9.85. The van der Waals surface area contributed by atoms with E-state index in [0.717, 1.165) is 27.3 Å². The molecule has 1 aromatic carbocycles. The van der Waals surface area contributed by atoms with E-state index in [-0.39, 0.29) is 6.61 Å². The predicted octanol–water partition coefficient (Wildman–Crippen LogP) is 3.78. The molecule has 0 fully saturated rings. The zero-order valence-electron chi connectivity index (χ0n) is 11.2. The summed E-state index contributed by atoms with van der Waals surface area (Å²) in [5, 5.41) is 3.36. The van der Waals surface area contributed by atoms with Gasteiger partial charge in [0.2, 0.25) is 0 Å². The fraction of sp³-hybridized carbons (Fsp3) is 0.188. The Morgan fingerprint density at radius 1 is 1.30 bits per heavy atom. The number of aromatic nitrogens is 1. The lowest BCUT2D eigenvalue weighted by Crippen LogP contribution is -2.05. The first-order valence-corrected chi connectivity index (χ1v) is 7.01. The van der Waals surface area contributed by atoms with Gasteiger partial charge in [0.05, 0.1) is 11.4 Å². The summed E-state index contributed by atoms with van der Waals surface area (Å²) in [6.45, 7) is 2.90. The van der Waals surface area contributed by atoms with E-state index in [9.17, 15) is 0 Å². The number of hydrogen-bond acceptors (Lipinski definition) is 3. The average molecular weight is 331 g/mol. The van der Waals surface area contributed by atoms with Gasteiger partial charge in [0.1, 0.15) is 17.0 Å². The second-order valence-corrected chi connectivity index (χ2v) is 5.03. The Hall–Kier alpha value is -1.99. The number of benzene rings is 1. The van der Waals surface area contributed by atoms with E-state index in [2.05, 4.69) is 32.2 Å². The predicted molar refractivity (Wildman–Crippen MR) is 84.8 cm³/mol. The first-order chi connectivity index (χ1) is 9.70. The smallest absolute Gasteiger partial charge is 0.148 e. The summed E-state index contributed by atoms with van der Waals surface area (Å²) in [6, 6.07) is 11.8. The summed E-state index contributed by atoms with van der Waals surface area (Å²) in [5.41, 5.74) is 3.01. The highest BCUT2D eigenvalue weighted by Gasteiger charge is 2.04. The van der Waals surface area contributed by atoms with E-state index < -0.39 is 0 Å². The maximum absolute atomic E-state index is 5.52. The Labute approximate surface area is 127 Å². The fourth-order valence-electron chi connectivity index (χ4n) is 1.82. The van der Waals surface area contributed by atoms with Crippen LogP contribution in [0.4, 0.5) is 5.69 Å². The number of nitrogens with zero attached hydrogens (tertiary/aromatic N) is 1. The molecule has 0 aliphatic carbocycles. The van der Waals surface area contributed by atoms with Crippen LogP contribution < -0.4 is 10.1 Å². The van der Waals surface area contributed by atoms with Gasteiger partial charge in [-0.05, 0) is 41.1 Å². The average Bonchev–Trinajstić information content (AvgIpc) is 2.45. The van der Waals surface area contributed by atoms with Gasteiger partial charge >= 0.3 is 0 Å². The van der Waals surface area contributed by atoms with Crippen molar-refractivity contribution in [1.82, 2.24) is 4.98 Å². The van der Waals surface area contributed by atoms with Crippen molar-refractivity contribution in [2.24, 2.45) is 0 Å². The third kappa shape index (κ3) is 3.75. The zero-order chi connectivity index (χ0) is 14.4. The lowest BCUT2D eigenvalue weighted by molar-refractivity contribution is 0.366. The van der Waals surface area contributed by atoms with E-state index in [1.807, 2.05) is 43.3 Å². The van der Waals surface area contributed by atoms with Gasteiger partial charge in [0, 0.05) is 12.1 Å². The Bertz CT molecular complexity index is 635. The molecule has 2 aromatic rings. The molecule has 0 spiro atoms. The second kappa shape index (κ2) is 6.97. The fourth-order valence-corrected chi connectivity index (χ4v) is 2.22. The van der Waals surface area contributed by atoms with Crippen LogP contribution in [0.2, 0.25) is 0 Å². The van der Waals surface area contributed by atoms with Crippen molar-refractivity contribution in [2.75, 3.05) is 11.9 Å². The molecule has 1 aromatic heterocycles. The van der Waals surface area contributed by atoms with E-state index in [1.165, 1.54) is 0 Å². The molecule has 0 bridgehead atoms. The molecule has 0 saturated heterocycles. The van der Waals surface area contributed by atoms with Crippen molar-refractivity contribution in [2.45, 2.75) is 13.5 Å². The number of halogens is 1. The SMILES string of the molecule is C#CCOc1ccccc1CNc1ccc(Br)nc1C. The van der Waals surface area contributed by atoms with Crippen molar-refractivity contribution in [3.63, 3.8) is 0 Å². The van der Waals surface area contributed by atoms with Crippen molar-refractivity contribution in [3.05, 3.63) is 52.3 Å². The summed E-state index contributed by atoms with van der Waals surface area (Å²) < 4.78 is 6.36. The standard InChI is InChI=1S/C16H15BrN2O/c1-3-10-20-15-7-5-4-6-13(15)11-18-14-8-9-16(17)19-12(14)2/h1,4-9,18H,10-11H2,2H3. The van der Waals surface area contributed by atoms with Crippen LogP contribution in [0.15, 0.2) is 41.0 Å². The lowest BCUT2D eigenvalue weighted by Gasteiger charge is -2.12. The van der Waals surface area contributed by atoms with Crippen molar-refractivity contribution < 1.29 is 4.74 Å². The van der Waals surface area contributed by atoms with Crippen molar-refractivity contribution in [1.29, 1.82) is 0 Å². The minimum Gasteiger partial charge on any atom is -0.481 e. The third-order valence-electron chi connectivity index (χ3n) is 2.80. The van der Waals surface area contributed by atoms with Crippen LogP contribution >= 0.6 is 15.9 Å². The van der Waals surface area contributed by atoms with Gasteiger partial charge in [-0.3, -0.25) is 0 Å². The number of aryl methyl sites for hydroxylation is 1. The molecule has 2 rings (SSSR count). The van der Waals surface area contributed by atoms with Crippen molar-refractivity contribution in [3.8, 4) is 18.1 Å². The van der Waals surface area contributed by atoms with E-state index >= 15 is 0 Å². The van der Waals surface area contributed by atoms with Crippen LogP contribution in [0, 0.1) is 19.3 Å². The maximum Gasteiger partial charge on any atom is 0.148 e. The summed E-state index contributed by atoms with van der Waals surface area (Å²) in [6.07, 6.45) is 5.22. The van der Waals surface area contributed by atoms with Gasteiger partial charge in [-0.1, -0.05) is 24.1 Å². The molecule has 1 N–H and O–H groups in total. The molecule has 20 heavy (non-hydrogen) atoms. The summed E-state index contributed by atoms with van der Waals surface area (Å²) in [4.78, 5) is 4.35. The van der Waals surface area contributed by atoms with Gasteiger partial charge < -0.3 is 10.1 Å². The van der Waals surface area contributed by atoms with Crippen LogP contribution in [-0.2, 0) is 6.54 Å². The number of rotatable bonds is 5. The first kappa shape index (κ1) is 14.4. The Morgan fingerprint density at radius 3 is 2.85 bits per heavy atom. The highest BCUT2D eigenvalue weighted by atomic mass is 79.9. The third-order valence-corrected chi connectivity index (χ3v) is 3.25. The molecule has 0 aliphatic rings. The monoisotopic (exact) mass is 330 g/mol. The van der Waals surface area contributed by atoms with Gasteiger partial charge in [0.25, 0.3) is 0 Å². The van der Waals surface area contributed by atoms with Crippen molar-refractivity contribution >= 4 is 21.6 Å². The molecule has 0 unspecified atom stereocenters. The minimum absolute atomic E-state index is 0.274. The molecule has 0 saturated carbocycles. The largest absolute Gasteiger partial charge is 0.481 e. The molecule has 3 nitrogen and oxygen atoms in total. The van der Waals surface area contributed by atoms with Crippen LogP contribution in [0.1, 0.15) is 11.3 Å². The molecular weight excluding hydrogens is 316 g/mol. The molecule has 0 atom stereocenters. The second-order valence-electron chi connectivity index (χ2n) is 4.22. The summed E-state index contributed by atoms with van der Waals surface area (Å²) in [5.74, 6) is 3.28. The van der Waals surface area contributed by atoms with Crippen LogP contribution in [-0.4, -0.2) is 11.6 Å². The lowest BCUT2D eigenvalue weighted by atomic mass is 10.2. The molecule has 4 heteroatoms. The number of ether oxygens (including phenoxy) is 1. The molecule has 0 aliphatic heterocycles. The number of anilines is 1. The van der Waals surface area contributed by atoms with Crippen LogP contribution in [0.3, 0.4) is 0 Å². The molecule has 1 heterocycles. The Morgan fingerprint density at radius 2 is 2.10 bits per heavy atom. The quantitative estimate of drug-likeness (QED) is 0.669. The van der Waals surface area contributed by atoms with Gasteiger partial charge in [-0.2, -0.15) is 0 Å². The topological polar surface area (TPSA) is 34.1 Å². The molecule has 0 radical (unpaired) electrons. The van der Waals surface area contributed by atoms with E-state index in [1.54, 1.807) is 0 Å². The van der Waals surface area contributed by atoms with Gasteiger partial charge in [-0.15, -0.1) is 6.42 Å². The Kier molecular flexibility index (Phi) is 5.03. The highest BCUT2D eigenvalue weighted by molar-refractivity contribution is 9.10. The first-order valence-electron chi connectivity index (χ1n) is 6.22. The van der Waals surface area contributed by atoms with Gasteiger partial charge in [-0.25, -0.2) is 4.98 Å². The zero-order valence-corrected chi connectivity index (χ0v) is 12.8. The number of nitrogens with one attached hydrogen (secondary N) is 1.